The van der Waals surface area contributed by atoms with E-state index in [9.17, 15) is 4.79 Å². The third-order valence-corrected chi connectivity index (χ3v) is 5.01. The molecule has 4 nitrogen and oxygen atoms in total. The van der Waals surface area contributed by atoms with Gasteiger partial charge in [-0.15, -0.1) is 22.7 Å². The fraction of sp³-hybridized carbons (Fsp3) is 0.143. The first-order chi connectivity index (χ1) is 9.75. The number of hydrogen-bond donors (Lipinski definition) is 2. The number of carbonyl (C=O) groups excluding carboxylic acids is 1. The Hall–Kier alpha value is -1.92. The summed E-state index contributed by atoms with van der Waals surface area (Å²) in [6.45, 7) is 0.612. The monoisotopic (exact) mass is 303 g/mol. The molecule has 0 saturated carbocycles. The lowest BCUT2D eigenvalue weighted by Crippen LogP contribution is -2.25. The summed E-state index contributed by atoms with van der Waals surface area (Å²) in [7, 11) is 0. The quantitative estimate of drug-likeness (QED) is 0.778. The number of nitrogens with one attached hydrogen (secondary N) is 1. The van der Waals surface area contributed by atoms with Crippen LogP contribution in [0.3, 0.4) is 0 Å². The third kappa shape index (κ3) is 2.52. The largest absolute Gasteiger partial charge is 0.397 e. The van der Waals surface area contributed by atoms with Crippen molar-refractivity contribution in [1.29, 1.82) is 0 Å². The third-order valence-electron chi connectivity index (χ3n) is 2.95. The molecule has 0 aliphatic carbocycles. The van der Waals surface area contributed by atoms with Crippen molar-refractivity contribution in [3.05, 3.63) is 45.6 Å². The smallest absolute Gasteiger partial charge is 0.263 e. The molecule has 0 aliphatic rings. The van der Waals surface area contributed by atoms with Gasteiger partial charge in [0.15, 0.2) is 0 Å². The number of anilines is 1. The summed E-state index contributed by atoms with van der Waals surface area (Å²) in [5.74, 6) is -0.123. The number of nitrogen functional groups attached to an aromatic ring is 1. The molecule has 102 valence electrons. The van der Waals surface area contributed by atoms with Crippen molar-refractivity contribution >= 4 is 44.5 Å². The van der Waals surface area contributed by atoms with Crippen LogP contribution in [0.5, 0.6) is 0 Å². The van der Waals surface area contributed by atoms with Crippen molar-refractivity contribution in [2.45, 2.75) is 6.42 Å². The fourth-order valence-electron chi connectivity index (χ4n) is 1.95. The van der Waals surface area contributed by atoms with E-state index in [-0.39, 0.29) is 5.91 Å². The van der Waals surface area contributed by atoms with E-state index >= 15 is 0 Å². The Morgan fingerprint density at radius 2 is 2.25 bits per heavy atom. The van der Waals surface area contributed by atoms with Gasteiger partial charge < -0.3 is 11.1 Å². The van der Waals surface area contributed by atoms with Crippen LogP contribution in [0.1, 0.15) is 14.5 Å². The highest BCUT2D eigenvalue weighted by Crippen LogP contribution is 2.31. The number of fused-ring (bicyclic) bond motifs is 1. The number of amides is 1. The average Bonchev–Trinajstić information content (AvgIpc) is 3.08. The van der Waals surface area contributed by atoms with Crippen LogP contribution in [0.15, 0.2) is 35.8 Å². The van der Waals surface area contributed by atoms with E-state index in [0.29, 0.717) is 17.1 Å². The lowest BCUT2D eigenvalue weighted by atomic mass is 10.2. The molecule has 0 fully saturated rings. The maximum Gasteiger partial charge on any atom is 0.263 e. The van der Waals surface area contributed by atoms with Crippen LogP contribution in [0.25, 0.3) is 10.2 Å². The molecule has 0 aliphatic heterocycles. The fourth-order valence-corrected chi connectivity index (χ4v) is 3.64. The molecule has 0 spiro atoms. The summed E-state index contributed by atoms with van der Waals surface area (Å²) >= 11 is 3.03. The molecule has 0 aromatic carbocycles. The Morgan fingerprint density at radius 3 is 3.00 bits per heavy atom. The van der Waals surface area contributed by atoms with E-state index in [1.165, 1.54) is 16.2 Å². The van der Waals surface area contributed by atoms with Crippen LogP contribution in [0.2, 0.25) is 0 Å². The SMILES string of the molecule is Nc1c(C(=O)NCCc2cccs2)sc2ncccc12. The zero-order valence-electron chi connectivity index (χ0n) is 10.6. The molecule has 0 radical (unpaired) electrons. The van der Waals surface area contributed by atoms with Gasteiger partial charge in [0.05, 0.1) is 5.69 Å². The average molecular weight is 303 g/mol. The van der Waals surface area contributed by atoms with Crippen LogP contribution in [0, 0.1) is 0 Å². The maximum atomic E-state index is 12.2. The van der Waals surface area contributed by atoms with Gasteiger partial charge in [0.25, 0.3) is 5.91 Å². The summed E-state index contributed by atoms with van der Waals surface area (Å²) in [5.41, 5.74) is 6.54. The molecule has 3 aromatic rings. The normalized spacial score (nSPS) is 10.8. The standard InChI is InChI=1S/C14H13N3OS2/c15-11-10-4-1-6-17-14(10)20-12(11)13(18)16-7-5-9-3-2-8-19-9/h1-4,6,8H,5,7,15H2,(H,16,18). The van der Waals surface area contributed by atoms with Gasteiger partial charge in [-0.1, -0.05) is 6.07 Å². The van der Waals surface area contributed by atoms with Gasteiger partial charge in [-0.3, -0.25) is 4.79 Å². The van der Waals surface area contributed by atoms with Crippen molar-refractivity contribution < 1.29 is 4.79 Å². The highest BCUT2D eigenvalue weighted by molar-refractivity contribution is 7.21. The van der Waals surface area contributed by atoms with Crippen LogP contribution < -0.4 is 11.1 Å². The second kappa shape index (κ2) is 5.60. The first kappa shape index (κ1) is 13.1. The summed E-state index contributed by atoms with van der Waals surface area (Å²) in [6.07, 6.45) is 2.54. The Labute approximate surface area is 124 Å². The van der Waals surface area contributed by atoms with Crippen LogP contribution in [-0.2, 0) is 6.42 Å². The lowest BCUT2D eigenvalue weighted by molar-refractivity contribution is 0.0959. The highest BCUT2D eigenvalue weighted by atomic mass is 32.1. The molecule has 3 rings (SSSR count). The predicted molar refractivity (Wildman–Crippen MR) is 84.4 cm³/mol. The number of pyridine rings is 1. The molecule has 3 N–H and O–H groups in total. The van der Waals surface area contributed by atoms with Crippen LogP contribution in [-0.4, -0.2) is 17.4 Å². The summed E-state index contributed by atoms with van der Waals surface area (Å²) in [5, 5.41) is 5.79. The topological polar surface area (TPSA) is 68.0 Å². The van der Waals surface area contributed by atoms with E-state index in [1.807, 2.05) is 23.6 Å². The predicted octanol–water partition coefficient (Wildman–Crippen LogP) is 2.91. The summed E-state index contributed by atoms with van der Waals surface area (Å²) < 4.78 is 0. The van der Waals surface area contributed by atoms with Crippen LogP contribution in [0.4, 0.5) is 5.69 Å². The molecule has 0 unspecified atom stereocenters. The maximum absolute atomic E-state index is 12.2. The number of aromatic nitrogens is 1. The molecule has 0 saturated heterocycles. The number of carbonyl (C=O) groups is 1. The van der Waals surface area contributed by atoms with Crippen LogP contribution >= 0.6 is 22.7 Å². The van der Waals surface area contributed by atoms with Crippen molar-refractivity contribution in [1.82, 2.24) is 10.3 Å². The van der Waals surface area contributed by atoms with E-state index in [4.69, 9.17) is 5.73 Å². The van der Waals surface area contributed by atoms with Gasteiger partial charge in [-0.25, -0.2) is 4.98 Å². The van der Waals surface area contributed by atoms with Gasteiger partial charge in [-0.05, 0) is 30.0 Å². The molecule has 3 aromatic heterocycles. The number of rotatable bonds is 4. The molecular formula is C14H13N3OS2. The minimum atomic E-state index is -0.123. The first-order valence-electron chi connectivity index (χ1n) is 6.19. The lowest BCUT2D eigenvalue weighted by Gasteiger charge is -2.03. The number of thiophene rings is 2. The van der Waals surface area contributed by atoms with Gasteiger partial charge in [-0.2, -0.15) is 0 Å². The van der Waals surface area contributed by atoms with Crippen molar-refractivity contribution in [3.8, 4) is 0 Å². The van der Waals surface area contributed by atoms with Gasteiger partial charge in [0.1, 0.15) is 9.71 Å². The minimum absolute atomic E-state index is 0.123. The Bertz CT molecular complexity index is 734. The molecule has 0 bridgehead atoms. The van der Waals surface area contributed by atoms with Gasteiger partial charge in [0, 0.05) is 23.0 Å². The number of hydrogen-bond acceptors (Lipinski definition) is 5. The molecule has 6 heteroatoms. The first-order valence-corrected chi connectivity index (χ1v) is 7.89. The zero-order valence-corrected chi connectivity index (χ0v) is 12.3. The Balaban J connectivity index is 1.71. The molecule has 1 amide bonds. The van der Waals surface area contributed by atoms with Gasteiger partial charge >= 0.3 is 0 Å². The molecule has 0 atom stereocenters. The Morgan fingerprint density at radius 1 is 1.35 bits per heavy atom. The zero-order chi connectivity index (χ0) is 13.9. The summed E-state index contributed by atoms with van der Waals surface area (Å²) in [4.78, 5) is 19.0. The number of nitrogens with two attached hydrogens (primary N) is 1. The molecule has 20 heavy (non-hydrogen) atoms. The molecule has 3 heterocycles. The van der Waals surface area contributed by atoms with Crippen molar-refractivity contribution in [3.63, 3.8) is 0 Å². The molecular weight excluding hydrogens is 290 g/mol. The van der Waals surface area contributed by atoms with E-state index in [2.05, 4.69) is 16.4 Å². The summed E-state index contributed by atoms with van der Waals surface area (Å²) in [6, 6.07) is 7.78. The Kier molecular flexibility index (Phi) is 3.66. The van der Waals surface area contributed by atoms with E-state index in [0.717, 1.165) is 16.6 Å². The second-order valence-corrected chi connectivity index (χ2v) is 6.32. The van der Waals surface area contributed by atoms with Crippen molar-refractivity contribution in [2.24, 2.45) is 0 Å². The number of nitrogens with zero attached hydrogens (tertiary/aromatic N) is 1. The van der Waals surface area contributed by atoms with E-state index < -0.39 is 0 Å². The highest BCUT2D eigenvalue weighted by Gasteiger charge is 2.16. The minimum Gasteiger partial charge on any atom is -0.397 e. The van der Waals surface area contributed by atoms with E-state index in [1.54, 1.807) is 17.5 Å². The second-order valence-electron chi connectivity index (χ2n) is 4.29. The van der Waals surface area contributed by atoms with Gasteiger partial charge in [0.2, 0.25) is 0 Å². The van der Waals surface area contributed by atoms with Crippen molar-refractivity contribution in [2.75, 3.05) is 12.3 Å².